The van der Waals surface area contributed by atoms with Gasteiger partial charge in [0.1, 0.15) is 0 Å². The maximum Gasteiger partial charge on any atom is 0.00869 e. The van der Waals surface area contributed by atoms with Gasteiger partial charge in [-0.05, 0) is 19.4 Å². The van der Waals surface area contributed by atoms with Gasteiger partial charge in [0.25, 0.3) is 0 Å². The average Bonchev–Trinajstić information content (AvgIpc) is 1.90. The molecule has 1 nitrogen and oxygen atoms in total. The highest BCUT2D eigenvalue weighted by Gasteiger charge is 2.09. The average molecular weight is 129 g/mol. The van der Waals surface area contributed by atoms with Crippen LogP contribution in [0.1, 0.15) is 33.6 Å². The van der Waals surface area contributed by atoms with Crippen LogP contribution in [0.2, 0.25) is 0 Å². The van der Waals surface area contributed by atoms with E-state index in [0.717, 1.165) is 12.0 Å². The highest BCUT2D eigenvalue weighted by molar-refractivity contribution is 4.67. The minimum atomic E-state index is 0.718. The summed E-state index contributed by atoms with van der Waals surface area (Å²) in [5.41, 5.74) is 0. The van der Waals surface area contributed by atoms with Crippen LogP contribution in [0.4, 0.5) is 0 Å². The molecule has 1 N–H and O–H groups in total. The molecule has 0 heterocycles. The van der Waals surface area contributed by atoms with E-state index < -0.39 is 0 Å². The molecule has 56 valence electrons. The largest absolute Gasteiger partial charge is 0.317 e. The Bertz CT molecular complexity index is 57.6. The van der Waals surface area contributed by atoms with Crippen molar-refractivity contribution in [3.63, 3.8) is 0 Å². The van der Waals surface area contributed by atoms with Crippen LogP contribution in [-0.2, 0) is 0 Å². The molecule has 0 aliphatic rings. The minimum Gasteiger partial charge on any atom is -0.317 e. The zero-order valence-electron chi connectivity index (χ0n) is 7.07. The summed E-state index contributed by atoms with van der Waals surface area (Å²) in [5.74, 6) is 0.819. The molecule has 0 aromatic carbocycles. The van der Waals surface area contributed by atoms with Crippen molar-refractivity contribution in [3.8, 4) is 0 Å². The standard InChI is InChI=1S/C8H19N/c1-5-7(3)8(6-2)9-4/h7-9H,5-6H2,1-4H3/t7-,8?/m0/s1. The van der Waals surface area contributed by atoms with E-state index in [-0.39, 0.29) is 0 Å². The molecule has 0 rings (SSSR count). The van der Waals surface area contributed by atoms with E-state index in [1.54, 1.807) is 0 Å². The van der Waals surface area contributed by atoms with Gasteiger partial charge in [-0.2, -0.15) is 0 Å². The normalized spacial score (nSPS) is 17.3. The molecule has 0 aliphatic heterocycles. The van der Waals surface area contributed by atoms with Crippen LogP contribution >= 0.6 is 0 Å². The van der Waals surface area contributed by atoms with Crippen LogP contribution in [0, 0.1) is 5.92 Å². The zero-order chi connectivity index (χ0) is 7.28. The quantitative estimate of drug-likeness (QED) is 0.612. The summed E-state index contributed by atoms with van der Waals surface area (Å²) < 4.78 is 0. The molecule has 0 bridgehead atoms. The first-order valence-electron chi connectivity index (χ1n) is 3.93. The van der Waals surface area contributed by atoms with Gasteiger partial charge in [-0.25, -0.2) is 0 Å². The number of hydrogen-bond acceptors (Lipinski definition) is 1. The van der Waals surface area contributed by atoms with Gasteiger partial charge >= 0.3 is 0 Å². The maximum atomic E-state index is 3.30. The summed E-state index contributed by atoms with van der Waals surface area (Å²) in [6.45, 7) is 6.77. The molecule has 0 amide bonds. The third-order valence-electron chi connectivity index (χ3n) is 2.14. The van der Waals surface area contributed by atoms with Crippen LogP contribution < -0.4 is 5.32 Å². The molecule has 1 heteroatoms. The molecule has 0 aliphatic carbocycles. The lowest BCUT2D eigenvalue weighted by Crippen LogP contribution is -2.30. The second-order valence-corrected chi connectivity index (χ2v) is 2.69. The summed E-state index contributed by atoms with van der Waals surface area (Å²) in [5, 5.41) is 3.30. The van der Waals surface area contributed by atoms with E-state index in [1.807, 2.05) is 7.05 Å². The van der Waals surface area contributed by atoms with Crippen LogP contribution in [0.5, 0.6) is 0 Å². The molecule has 0 aromatic rings. The monoisotopic (exact) mass is 129 g/mol. The van der Waals surface area contributed by atoms with Gasteiger partial charge in [-0.15, -0.1) is 0 Å². The van der Waals surface area contributed by atoms with Crippen molar-refractivity contribution in [3.05, 3.63) is 0 Å². The third kappa shape index (κ3) is 2.85. The predicted molar refractivity (Wildman–Crippen MR) is 42.6 cm³/mol. The van der Waals surface area contributed by atoms with Gasteiger partial charge in [0.05, 0.1) is 0 Å². The SMILES string of the molecule is CCC(NC)[C@@H](C)CC. The highest BCUT2D eigenvalue weighted by atomic mass is 14.9. The summed E-state index contributed by atoms with van der Waals surface area (Å²) >= 11 is 0. The van der Waals surface area contributed by atoms with Crippen LogP contribution in [0.25, 0.3) is 0 Å². The first-order chi connectivity index (χ1) is 4.26. The van der Waals surface area contributed by atoms with Crippen molar-refractivity contribution in [1.29, 1.82) is 0 Å². The molecule has 0 radical (unpaired) electrons. The summed E-state index contributed by atoms with van der Waals surface area (Å²) in [6, 6.07) is 0.718. The molecular weight excluding hydrogens is 110 g/mol. The van der Waals surface area contributed by atoms with Gasteiger partial charge in [0, 0.05) is 6.04 Å². The van der Waals surface area contributed by atoms with E-state index in [9.17, 15) is 0 Å². The number of nitrogens with one attached hydrogen (secondary N) is 1. The van der Waals surface area contributed by atoms with Crippen LogP contribution in [0.3, 0.4) is 0 Å². The van der Waals surface area contributed by atoms with Gasteiger partial charge in [-0.1, -0.05) is 27.2 Å². The Labute approximate surface area is 58.8 Å². The molecular formula is C8H19N. The Morgan fingerprint density at radius 3 is 1.89 bits per heavy atom. The fraction of sp³-hybridized carbons (Fsp3) is 1.00. The lowest BCUT2D eigenvalue weighted by atomic mass is 9.97. The smallest absolute Gasteiger partial charge is 0.00869 e. The van der Waals surface area contributed by atoms with E-state index >= 15 is 0 Å². The number of hydrogen-bond donors (Lipinski definition) is 1. The second-order valence-electron chi connectivity index (χ2n) is 2.69. The molecule has 1 unspecified atom stereocenters. The first kappa shape index (κ1) is 8.96. The van der Waals surface area contributed by atoms with E-state index in [2.05, 4.69) is 26.1 Å². The third-order valence-corrected chi connectivity index (χ3v) is 2.14. The Morgan fingerprint density at radius 2 is 1.78 bits per heavy atom. The lowest BCUT2D eigenvalue weighted by Gasteiger charge is -2.19. The Morgan fingerprint density at radius 1 is 1.22 bits per heavy atom. The summed E-state index contributed by atoms with van der Waals surface area (Å²) in [6.07, 6.45) is 2.52. The van der Waals surface area contributed by atoms with Gasteiger partial charge in [0.15, 0.2) is 0 Å². The Kier molecular flexibility index (Phi) is 4.78. The molecule has 9 heavy (non-hydrogen) atoms. The highest BCUT2D eigenvalue weighted by Crippen LogP contribution is 2.09. The number of rotatable bonds is 4. The van der Waals surface area contributed by atoms with Crippen molar-refractivity contribution in [2.75, 3.05) is 7.05 Å². The molecule has 0 fully saturated rings. The van der Waals surface area contributed by atoms with Crippen LogP contribution in [0.15, 0.2) is 0 Å². The molecule has 2 atom stereocenters. The minimum absolute atomic E-state index is 0.718. The van der Waals surface area contributed by atoms with Gasteiger partial charge < -0.3 is 5.32 Å². The molecule has 0 saturated heterocycles. The predicted octanol–water partition coefficient (Wildman–Crippen LogP) is 2.03. The van der Waals surface area contributed by atoms with E-state index in [1.165, 1.54) is 12.8 Å². The van der Waals surface area contributed by atoms with Crippen molar-refractivity contribution < 1.29 is 0 Å². The van der Waals surface area contributed by atoms with Crippen LogP contribution in [-0.4, -0.2) is 13.1 Å². The van der Waals surface area contributed by atoms with E-state index in [0.29, 0.717) is 0 Å². The lowest BCUT2D eigenvalue weighted by molar-refractivity contribution is 0.379. The van der Waals surface area contributed by atoms with Crippen molar-refractivity contribution in [2.45, 2.75) is 39.7 Å². The topological polar surface area (TPSA) is 12.0 Å². The summed E-state index contributed by atoms with van der Waals surface area (Å²) in [4.78, 5) is 0. The van der Waals surface area contributed by atoms with Gasteiger partial charge in [-0.3, -0.25) is 0 Å². The summed E-state index contributed by atoms with van der Waals surface area (Å²) in [7, 11) is 2.04. The second kappa shape index (κ2) is 4.80. The molecule has 0 saturated carbocycles. The fourth-order valence-corrected chi connectivity index (χ4v) is 1.18. The van der Waals surface area contributed by atoms with Crippen molar-refractivity contribution >= 4 is 0 Å². The van der Waals surface area contributed by atoms with E-state index in [4.69, 9.17) is 0 Å². The fourth-order valence-electron chi connectivity index (χ4n) is 1.18. The van der Waals surface area contributed by atoms with Gasteiger partial charge in [0.2, 0.25) is 0 Å². The molecule has 0 aromatic heterocycles. The molecule has 0 spiro atoms. The Hall–Kier alpha value is -0.0400. The maximum absolute atomic E-state index is 3.30. The Balaban J connectivity index is 3.50. The van der Waals surface area contributed by atoms with Crippen molar-refractivity contribution in [2.24, 2.45) is 5.92 Å². The first-order valence-corrected chi connectivity index (χ1v) is 3.93. The van der Waals surface area contributed by atoms with Crippen molar-refractivity contribution in [1.82, 2.24) is 5.32 Å². The zero-order valence-corrected chi connectivity index (χ0v) is 7.07.